The molecule has 136 valence electrons. The Balaban J connectivity index is 2.08. The van der Waals surface area contributed by atoms with Crippen molar-refractivity contribution in [2.24, 2.45) is 5.92 Å². The van der Waals surface area contributed by atoms with E-state index in [1.54, 1.807) is 41.2 Å². The maximum absolute atomic E-state index is 12.8. The van der Waals surface area contributed by atoms with Crippen molar-refractivity contribution >= 4 is 23.5 Å². The minimum absolute atomic E-state index is 0.104. The zero-order chi connectivity index (χ0) is 18.6. The third kappa shape index (κ3) is 4.49. The van der Waals surface area contributed by atoms with Gasteiger partial charge in [0.2, 0.25) is 11.8 Å². The fourth-order valence-corrected chi connectivity index (χ4v) is 2.96. The zero-order valence-corrected chi connectivity index (χ0v) is 14.8. The van der Waals surface area contributed by atoms with Gasteiger partial charge in [-0.25, -0.2) is 0 Å². The van der Waals surface area contributed by atoms with E-state index in [-0.39, 0.29) is 37.2 Å². The van der Waals surface area contributed by atoms with E-state index < -0.39 is 11.9 Å². The Hall–Kier alpha value is -2.57. The molecule has 1 atom stereocenters. The molecule has 1 fully saturated rings. The molecule has 1 heterocycles. The third-order valence-electron chi connectivity index (χ3n) is 4.33. The Bertz CT molecular complexity index is 641. The zero-order valence-electron chi connectivity index (χ0n) is 14.8. The van der Waals surface area contributed by atoms with Gasteiger partial charge in [0.25, 0.3) is 0 Å². The minimum atomic E-state index is -0.944. The van der Waals surface area contributed by atoms with Crippen LogP contribution in [-0.4, -0.2) is 54.0 Å². The highest BCUT2D eigenvalue weighted by Crippen LogP contribution is 2.28. The van der Waals surface area contributed by atoms with Crippen molar-refractivity contribution in [3.05, 3.63) is 24.3 Å². The van der Waals surface area contributed by atoms with E-state index in [0.717, 1.165) is 5.69 Å². The van der Waals surface area contributed by atoms with Gasteiger partial charge in [-0.2, -0.15) is 0 Å². The second-order valence-corrected chi connectivity index (χ2v) is 6.37. The van der Waals surface area contributed by atoms with E-state index in [0.29, 0.717) is 12.3 Å². The summed E-state index contributed by atoms with van der Waals surface area (Å²) >= 11 is 0. The first-order valence-corrected chi connectivity index (χ1v) is 8.30. The Kier molecular flexibility index (Phi) is 6.01. The molecule has 0 aliphatic carbocycles. The summed E-state index contributed by atoms with van der Waals surface area (Å²) in [7, 11) is 1.57. The Morgan fingerprint density at radius 2 is 1.96 bits per heavy atom. The number of amides is 2. The Labute approximate surface area is 147 Å². The van der Waals surface area contributed by atoms with Crippen LogP contribution in [0.5, 0.6) is 5.75 Å². The van der Waals surface area contributed by atoms with Gasteiger partial charge >= 0.3 is 5.97 Å². The number of ether oxygens (including phenoxy) is 1. The molecule has 7 heteroatoms. The van der Waals surface area contributed by atoms with Crippen LogP contribution in [0.15, 0.2) is 24.3 Å². The molecule has 0 spiro atoms. The van der Waals surface area contributed by atoms with E-state index in [1.807, 2.05) is 13.8 Å². The van der Waals surface area contributed by atoms with Gasteiger partial charge in [0.05, 0.1) is 19.4 Å². The van der Waals surface area contributed by atoms with Crippen LogP contribution in [0.1, 0.15) is 26.7 Å². The van der Waals surface area contributed by atoms with Crippen LogP contribution in [0.4, 0.5) is 5.69 Å². The number of carbonyl (C=O) groups excluding carboxylic acids is 2. The number of rotatable bonds is 7. The molecule has 0 bridgehead atoms. The molecule has 0 saturated carbocycles. The van der Waals surface area contributed by atoms with Gasteiger partial charge in [-0.3, -0.25) is 14.4 Å². The van der Waals surface area contributed by atoms with Crippen LogP contribution in [0.2, 0.25) is 0 Å². The fraction of sp³-hybridized carbons (Fsp3) is 0.500. The summed E-state index contributed by atoms with van der Waals surface area (Å²) in [6, 6.07) is 7.00. The first-order valence-electron chi connectivity index (χ1n) is 8.30. The predicted octanol–water partition coefficient (Wildman–Crippen LogP) is 1.76. The number of carbonyl (C=O) groups is 3. The maximum Gasteiger partial charge on any atom is 0.305 e. The molecule has 25 heavy (non-hydrogen) atoms. The number of hydrogen-bond donors (Lipinski definition) is 1. The number of aliphatic carboxylic acids is 1. The van der Waals surface area contributed by atoms with Gasteiger partial charge in [-0.1, -0.05) is 0 Å². The van der Waals surface area contributed by atoms with Crippen molar-refractivity contribution < 1.29 is 24.2 Å². The van der Waals surface area contributed by atoms with Gasteiger partial charge in [-0.15, -0.1) is 0 Å². The molecular weight excluding hydrogens is 324 g/mol. The van der Waals surface area contributed by atoms with Crippen LogP contribution in [-0.2, 0) is 14.4 Å². The summed E-state index contributed by atoms with van der Waals surface area (Å²) < 4.78 is 5.11. The number of carboxylic acid groups (broad SMARTS) is 1. The van der Waals surface area contributed by atoms with Gasteiger partial charge < -0.3 is 19.6 Å². The molecule has 1 N–H and O–H groups in total. The Morgan fingerprint density at radius 1 is 1.32 bits per heavy atom. The second-order valence-electron chi connectivity index (χ2n) is 6.37. The lowest BCUT2D eigenvalue weighted by Crippen LogP contribution is -2.42. The van der Waals surface area contributed by atoms with E-state index in [1.165, 1.54) is 0 Å². The van der Waals surface area contributed by atoms with Gasteiger partial charge in [-0.05, 0) is 38.1 Å². The molecule has 0 radical (unpaired) electrons. The number of anilines is 1. The molecule has 1 unspecified atom stereocenters. The average Bonchev–Trinajstić information content (AvgIpc) is 2.96. The van der Waals surface area contributed by atoms with E-state index in [4.69, 9.17) is 9.84 Å². The summed E-state index contributed by atoms with van der Waals surface area (Å²) in [5.74, 6) is -0.972. The first kappa shape index (κ1) is 18.8. The van der Waals surface area contributed by atoms with Crippen LogP contribution < -0.4 is 9.64 Å². The average molecular weight is 348 g/mol. The van der Waals surface area contributed by atoms with Crippen molar-refractivity contribution in [1.29, 1.82) is 0 Å². The number of benzene rings is 1. The molecule has 1 aromatic rings. The van der Waals surface area contributed by atoms with Crippen molar-refractivity contribution in [3.8, 4) is 5.75 Å². The van der Waals surface area contributed by atoms with E-state index >= 15 is 0 Å². The predicted molar refractivity (Wildman–Crippen MR) is 92.6 cm³/mol. The molecule has 2 rings (SSSR count). The molecule has 1 saturated heterocycles. The van der Waals surface area contributed by atoms with Gasteiger partial charge in [0.15, 0.2) is 0 Å². The SMILES string of the molecule is COc1ccc(N2CC(C(=O)N(CCC(=O)O)C(C)C)CC2=O)cc1. The van der Waals surface area contributed by atoms with Crippen molar-refractivity contribution in [2.45, 2.75) is 32.7 Å². The summed E-state index contributed by atoms with van der Waals surface area (Å²) in [5, 5.41) is 8.86. The van der Waals surface area contributed by atoms with Crippen LogP contribution in [0.25, 0.3) is 0 Å². The highest BCUT2D eigenvalue weighted by molar-refractivity contribution is 6.00. The molecule has 1 aliphatic rings. The lowest BCUT2D eigenvalue weighted by atomic mass is 10.1. The topological polar surface area (TPSA) is 87.2 Å². The largest absolute Gasteiger partial charge is 0.497 e. The highest BCUT2D eigenvalue weighted by Gasteiger charge is 2.37. The molecule has 1 aromatic carbocycles. The van der Waals surface area contributed by atoms with Crippen LogP contribution in [0, 0.1) is 5.92 Å². The molecule has 7 nitrogen and oxygen atoms in total. The second kappa shape index (κ2) is 8.00. The van der Waals surface area contributed by atoms with Crippen molar-refractivity contribution in [1.82, 2.24) is 4.90 Å². The fourth-order valence-electron chi connectivity index (χ4n) is 2.96. The minimum Gasteiger partial charge on any atom is -0.497 e. The lowest BCUT2D eigenvalue weighted by Gasteiger charge is -2.28. The summed E-state index contributed by atoms with van der Waals surface area (Å²) in [5.41, 5.74) is 0.725. The smallest absolute Gasteiger partial charge is 0.305 e. The van der Waals surface area contributed by atoms with Gasteiger partial charge in [0.1, 0.15) is 5.75 Å². The number of carboxylic acids is 1. The van der Waals surface area contributed by atoms with Crippen molar-refractivity contribution in [3.63, 3.8) is 0 Å². The van der Waals surface area contributed by atoms with E-state index in [9.17, 15) is 14.4 Å². The highest BCUT2D eigenvalue weighted by atomic mass is 16.5. The first-order chi connectivity index (χ1) is 11.8. The molecule has 2 amide bonds. The van der Waals surface area contributed by atoms with E-state index in [2.05, 4.69) is 0 Å². The summed E-state index contributed by atoms with van der Waals surface area (Å²) in [6.07, 6.45) is 0.0356. The van der Waals surface area contributed by atoms with Crippen LogP contribution >= 0.6 is 0 Å². The third-order valence-corrected chi connectivity index (χ3v) is 4.33. The number of methoxy groups -OCH3 is 1. The lowest BCUT2D eigenvalue weighted by molar-refractivity contribution is -0.141. The van der Waals surface area contributed by atoms with Crippen molar-refractivity contribution in [2.75, 3.05) is 25.1 Å². The normalized spacial score (nSPS) is 17.0. The quantitative estimate of drug-likeness (QED) is 0.811. The monoisotopic (exact) mass is 348 g/mol. The maximum atomic E-state index is 12.8. The summed E-state index contributed by atoms with van der Waals surface area (Å²) in [4.78, 5) is 39.0. The number of hydrogen-bond acceptors (Lipinski definition) is 4. The summed E-state index contributed by atoms with van der Waals surface area (Å²) in [6.45, 7) is 4.15. The standard InChI is InChI=1S/C18H24N2O5/c1-12(2)19(9-8-17(22)23)18(24)13-10-16(21)20(11-13)14-4-6-15(25-3)7-5-14/h4-7,12-13H,8-11H2,1-3H3,(H,22,23). The van der Waals surface area contributed by atoms with Crippen LogP contribution in [0.3, 0.4) is 0 Å². The number of nitrogens with zero attached hydrogens (tertiary/aromatic N) is 2. The Morgan fingerprint density at radius 3 is 2.48 bits per heavy atom. The molecular formula is C18H24N2O5. The van der Waals surface area contributed by atoms with Gasteiger partial charge in [0, 0.05) is 31.2 Å². The molecule has 1 aliphatic heterocycles. The molecule has 0 aromatic heterocycles.